The number of amides is 1. The molecule has 1 aromatic carbocycles. The molecule has 1 amide bonds. The number of pyridine rings is 1. The molecule has 0 atom stereocenters. The smallest absolute Gasteiger partial charge is 0.251 e. The maximum Gasteiger partial charge on any atom is 0.251 e. The second kappa shape index (κ2) is 10.2. The average Bonchev–Trinajstić information content (AvgIpc) is 2.63. The summed E-state index contributed by atoms with van der Waals surface area (Å²) in [6.07, 6.45) is 5.53. The predicted octanol–water partition coefficient (Wildman–Crippen LogP) is 2.78. The molecule has 0 spiro atoms. The molecule has 3 rings (SSSR count). The van der Waals surface area contributed by atoms with E-state index in [1.807, 2.05) is 48.8 Å². The minimum Gasteiger partial charge on any atom is -0.371 e. The molecule has 0 bridgehead atoms. The summed E-state index contributed by atoms with van der Waals surface area (Å²) in [6.45, 7) is 2.39. The molecule has 2 aromatic rings. The molecule has 1 aliphatic heterocycles. The van der Waals surface area contributed by atoms with Crippen LogP contribution in [0.4, 0.5) is 5.69 Å². The third-order valence-electron chi connectivity index (χ3n) is 4.31. The van der Waals surface area contributed by atoms with Crippen molar-refractivity contribution in [2.75, 3.05) is 18.0 Å². The van der Waals surface area contributed by atoms with Crippen LogP contribution >= 0.6 is 24.8 Å². The topological polar surface area (TPSA) is 71.2 Å². The Morgan fingerprint density at radius 2 is 1.68 bits per heavy atom. The maximum absolute atomic E-state index is 12.3. The molecule has 3 N–H and O–H groups in total. The zero-order valence-electron chi connectivity index (χ0n) is 13.9. The lowest BCUT2D eigenvalue weighted by molar-refractivity contribution is 0.0931. The number of halogens is 2. The van der Waals surface area contributed by atoms with Gasteiger partial charge in [0, 0.05) is 49.3 Å². The van der Waals surface area contributed by atoms with E-state index in [1.165, 1.54) is 5.69 Å². The van der Waals surface area contributed by atoms with Crippen LogP contribution in [-0.4, -0.2) is 30.0 Å². The van der Waals surface area contributed by atoms with Gasteiger partial charge in [0.05, 0.1) is 0 Å². The van der Waals surface area contributed by atoms with Crippen LogP contribution in [0.25, 0.3) is 0 Å². The van der Waals surface area contributed by atoms with Gasteiger partial charge in [-0.15, -0.1) is 24.8 Å². The first-order chi connectivity index (χ1) is 11.3. The highest BCUT2D eigenvalue weighted by atomic mass is 35.5. The molecule has 0 radical (unpaired) electrons. The number of anilines is 1. The van der Waals surface area contributed by atoms with Crippen LogP contribution in [0.15, 0.2) is 48.8 Å². The van der Waals surface area contributed by atoms with Crippen molar-refractivity contribution >= 4 is 36.4 Å². The molecule has 0 saturated carbocycles. The lowest BCUT2D eigenvalue weighted by Gasteiger charge is -2.33. The summed E-state index contributed by atoms with van der Waals surface area (Å²) < 4.78 is 0. The van der Waals surface area contributed by atoms with Crippen molar-refractivity contribution in [3.8, 4) is 0 Å². The van der Waals surface area contributed by atoms with Gasteiger partial charge in [0.2, 0.25) is 0 Å². The van der Waals surface area contributed by atoms with Gasteiger partial charge in [-0.3, -0.25) is 9.78 Å². The second-order valence-corrected chi connectivity index (χ2v) is 5.84. The zero-order chi connectivity index (χ0) is 16.1. The Morgan fingerprint density at radius 1 is 1.08 bits per heavy atom. The van der Waals surface area contributed by atoms with E-state index < -0.39 is 0 Å². The van der Waals surface area contributed by atoms with Gasteiger partial charge in [0.15, 0.2) is 0 Å². The van der Waals surface area contributed by atoms with Gasteiger partial charge in [0.25, 0.3) is 5.91 Å². The summed E-state index contributed by atoms with van der Waals surface area (Å²) in [7, 11) is 0. The molecule has 136 valence electrons. The van der Waals surface area contributed by atoms with Gasteiger partial charge < -0.3 is 16.0 Å². The fourth-order valence-corrected chi connectivity index (χ4v) is 2.90. The quantitative estimate of drug-likeness (QED) is 0.852. The van der Waals surface area contributed by atoms with Gasteiger partial charge in [-0.2, -0.15) is 0 Å². The first-order valence-corrected chi connectivity index (χ1v) is 8.01. The van der Waals surface area contributed by atoms with E-state index >= 15 is 0 Å². The summed E-state index contributed by atoms with van der Waals surface area (Å²) in [6, 6.07) is 11.8. The Labute approximate surface area is 160 Å². The van der Waals surface area contributed by atoms with Crippen LogP contribution in [0, 0.1) is 0 Å². The number of hydrogen-bond donors (Lipinski definition) is 2. The third kappa shape index (κ3) is 5.59. The van der Waals surface area contributed by atoms with E-state index in [9.17, 15) is 4.79 Å². The number of nitrogens with zero attached hydrogens (tertiary/aromatic N) is 2. The molecule has 2 heterocycles. The molecule has 0 unspecified atom stereocenters. The number of piperidine rings is 1. The van der Waals surface area contributed by atoms with E-state index in [0.29, 0.717) is 12.1 Å². The average molecular weight is 383 g/mol. The fourth-order valence-electron chi connectivity index (χ4n) is 2.90. The second-order valence-electron chi connectivity index (χ2n) is 5.84. The monoisotopic (exact) mass is 382 g/mol. The zero-order valence-corrected chi connectivity index (χ0v) is 15.6. The van der Waals surface area contributed by atoms with Crippen molar-refractivity contribution in [1.29, 1.82) is 0 Å². The van der Waals surface area contributed by atoms with Crippen LogP contribution in [0.2, 0.25) is 0 Å². The number of rotatable bonds is 4. The van der Waals surface area contributed by atoms with E-state index in [1.54, 1.807) is 0 Å². The summed E-state index contributed by atoms with van der Waals surface area (Å²) in [5, 5.41) is 3.14. The highest BCUT2D eigenvalue weighted by molar-refractivity contribution is 5.94. The minimum absolute atomic E-state index is 0. The van der Waals surface area contributed by atoms with Crippen LogP contribution in [0.5, 0.6) is 0 Å². The summed E-state index contributed by atoms with van der Waals surface area (Å²) >= 11 is 0. The van der Waals surface area contributed by atoms with Crippen LogP contribution in [0.3, 0.4) is 0 Å². The van der Waals surface area contributed by atoms with Crippen molar-refractivity contribution in [1.82, 2.24) is 10.3 Å². The lowest BCUT2D eigenvalue weighted by Crippen LogP contribution is -2.44. The molecule has 1 saturated heterocycles. The first-order valence-electron chi connectivity index (χ1n) is 8.01. The van der Waals surface area contributed by atoms with Crippen molar-refractivity contribution in [2.45, 2.75) is 25.4 Å². The Hall–Kier alpha value is -1.82. The SMILES string of the molecule is Cl.Cl.NCc1ccc(C(=O)NC2CCN(c3ccncc3)CC2)cc1. The van der Waals surface area contributed by atoms with Gasteiger partial charge in [0.1, 0.15) is 0 Å². The largest absolute Gasteiger partial charge is 0.371 e. The number of carbonyl (C=O) groups excluding carboxylic acids is 1. The first kappa shape index (κ1) is 21.2. The van der Waals surface area contributed by atoms with Gasteiger partial charge in [-0.25, -0.2) is 0 Å². The molecule has 25 heavy (non-hydrogen) atoms. The summed E-state index contributed by atoms with van der Waals surface area (Å²) in [5.41, 5.74) is 8.50. The maximum atomic E-state index is 12.3. The van der Waals surface area contributed by atoms with E-state index in [4.69, 9.17) is 5.73 Å². The standard InChI is InChI=1S/C18H22N4O.2ClH/c19-13-14-1-3-15(4-2-14)18(23)21-16-7-11-22(12-8-16)17-5-9-20-10-6-17;;/h1-6,9-10,16H,7-8,11-13,19H2,(H,21,23);2*1H. The van der Waals surface area contributed by atoms with Crippen LogP contribution < -0.4 is 16.0 Å². The minimum atomic E-state index is -0.00377. The molecular formula is C18H24Cl2N4O. The number of carbonyl (C=O) groups is 1. The molecule has 1 aromatic heterocycles. The molecular weight excluding hydrogens is 359 g/mol. The van der Waals surface area contributed by atoms with Crippen molar-refractivity contribution in [3.05, 3.63) is 59.9 Å². The molecule has 1 fully saturated rings. The Kier molecular flexibility index (Phi) is 8.69. The van der Waals surface area contributed by atoms with Gasteiger partial charge in [-0.05, 0) is 42.7 Å². The highest BCUT2D eigenvalue weighted by Crippen LogP contribution is 2.19. The van der Waals surface area contributed by atoms with Crippen LogP contribution in [0.1, 0.15) is 28.8 Å². The molecule has 0 aliphatic carbocycles. The Bertz CT molecular complexity index is 644. The van der Waals surface area contributed by atoms with Gasteiger partial charge >= 0.3 is 0 Å². The van der Waals surface area contributed by atoms with E-state index in [-0.39, 0.29) is 36.8 Å². The van der Waals surface area contributed by atoms with Crippen molar-refractivity contribution in [2.24, 2.45) is 5.73 Å². The van der Waals surface area contributed by atoms with E-state index in [0.717, 1.165) is 31.5 Å². The summed E-state index contributed by atoms with van der Waals surface area (Å²) in [5.74, 6) is -0.00377. The number of hydrogen-bond acceptors (Lipinski definition) is 4. The third-order valence-corrected chi connectivity index (χ3v) is 4.31. The van der Waals surface area contributed by atoms with E-state index in [2.05, 4.69) is 15.2 Å². The summed E-state index contributed by atoms with van der Waals surface area (Å²) in [4.78, 5) is 18.7. The molecule has 5 nitrogen and oxygen atoms in total. The molecule has 7 heteroatoms. The lowest BCUT2D eigenvalue weighted by atomic mass is 10.0. The van der Waals surface area contributed by atoms with Crippen molar-refractivity contribution in [3.63, 3.8) is 0 Å². The number of aromatic nitrogens is 1. The Morgan fingerprint density at radius 3 is 2.24 bits per heavy atom. The highest BCUT2D eigenvalue weighted by Gasteiger charge is 2.21. The van der Waals surface area contributed by atoms with Crippen molar-refractivity contribution < 1.29 is 4.79 Å². The number of nitrogens with two attached hydrogens (primary N) is 1. The van der Waals surface area contributed by atoms with Gasteiger partial charge in [-0.1, -0.05) is 12.1 Å². The predicted molar refractivity (Wildman–Crippen MR) is 106 cm³/mol. The Balaban J connectivity index is 0.00000156. The fraction of sp³-hybridized carbons (Fsp3) is 0.333. The van der Waals surface area contributed by atoms with Crippen LogP contribution in [-0.2, 0) is 6.54 Å². The number of nitrogens with one attached hydrogen (secondary N) is 1. The number of benzene rings is 1. The normalized spacial score (nSPS) is 14.2. The molecule has 1 aliphatic rings.